The molecule has 1 saturated heterocycles. The van der Waals surface area contributed by atoms with Crippen molar-refractivity contribution in [3.63, 3.8) is 0 Å². The number of rotatable bonds is 3. The van der Waals surface area contributed by atoms with Crippen molar-refractivity contribution in [2.45, 2.75) is 44.5 Å². The van der Waals surface area contributed by atoms with E-state index in [1.54, 1.807) is 0 Å². The van der Waals surface area contributed by atoms with Crippen LogP contribution < -0.4 is 0 Å². The fourth-order valence-electron chi connectivity index (χ4n) is 1.51. The lowest BCUT2D eigenvalue weighted by Gasteiger charge is -2.09. The average molecular weight is 188 g/mol. The Morgan fingerprint density at radius 1 is 1.67 bits per heavy atom. The maximum Gasteiger partial charge on any atom is 0.302 e. The Labute approximate surface area is 78.1 Å². The molecule has 12 heavy (non-hydrogen) atoms. The Bertz CT molecular complexity index is 159. The van der Waals surface area contributed by atoms with Gasteiger partial charge in [0.25, 0.3) is 0 Å². The van der Waals surface area contributed by atoms with Gasteiger partial charge in [0, 0.05) is 17.9 Å². The smallest absolute Gasteiger partial charge is 0.302 e. The molecule has 2 nitrogen and oxygen atoms in total. The van der Waals surface area contributed by atoms with E-state index in [1.165, 1.54) is 19.8 Å². The van der Waals surface area contributed by atoms with Crippen LogP contribution in [0.1, 0.15) is 33.1 Å². The topological polar surface area (TPSA) is 26.3 Å². The molecule has 1 aliphatic rings. The van der Waals surface area contributed by atoms with Crippen LogP contribution in [0.2, 0.25) is 0 Å². The van der Waals surface area contributed by atoms with Gasteiger partial charge in [0.2, 0.25) is 0 Å². The van der Waals surface area contributed by atoms with Crippen molar-refractivity contribution in [1.29, 1.82) is 0 Å². The standard InChI is InChI=1S/C9H16O2S/c1-3-4-9-5-8(6-12-9)11-7(2)10/h8-9H,3-6H2,1-2H3/t8-,9-/m0/s1. The number of thioether (sulfide) groups is 1. The van der Waals surface area contributed by atoms with Crippen molar-refractivity contribution < 1.29 is 9.53 Å². The summed E-state index contributed by atoms with van der Waals surface area (Å²) in [6.07, 6.45) is 3.72. The molecule has 0 aliphatic carbocycles. The summed E-state index contributed by atoms with van der Waals surface area (Å²) in [4.78, 5) is 10.6. The number of ether oxygens (including phenoxy) is 1. The number of carbonyl (C=O) groups excluding carboxylic acids is 1. The van der Waals surface area contributed by atoms with Gasteiger partial charge < -0.3 is 4.74 Å². The molecule has 0 aromatic rings. The molecule has 0 N–H and O–H groups in total. The van der Waals surface area contributed by atoms with Gasteiger partial charge in [-0.2, -0.15) is 11.8 Å². The summed E-state index contributed by atoms with van der Waals surface area (Å²) >= 11 is 1.94. The second kappa shape index (κ2) is 4.75. The van der Waals surface area contributed by atoms with E-state index >= 15 is 0 Å². The molecule has 0 aromatic heterocycles. The molecule has 0 aromatic carbocycles. The van der Waals surface area contributed by atoms with Crippen molar-refractivity contribution >= 4 is 17.7 Å². The summed E-state index contributed by atoms with van der Waals surface area (Å²) in [6, 6.07) is 0. The Morgan fingerprint density at radius 2 is 2.42 bits per heavy atom. The molecule has 1 aliphatic heterocycles. The lowest BCUT2D eigenvalue weighted by Crippen LogP contribution is -2.15. The van der Waals surface area contributed by atoms with E-state index in [4.69, 9.17) is 4.74 Å². The van der Waals surface area contributed by atoms with Crippen LogP contribution in [-0.4, -0.2) is 23.1 Å². The van der Waals surface area contributed by atoms with Crippen molar-refractivity contribution in [2.24, 2.45) is 0 Å². The highest BCUT2D eigenvalue weighted by Gasteiger charge is 2.26. The minimum atomic E-state index is -0.141. The summed E-state index contributed by atoms with van der Waals surface area (Å²) in [5.74, 6) is 0.849. The molecule has 0 amide bonds. The molecule has 0 saturated carbocycles. The number of esters is 1. The molecule has 3 heteroatoms. The van der Waals surface area contributed by atoms with E-state index in [0.717, 1.165) is 17.4 Å². The first-order chi connectivity index (χ1) is 5.72. The maximum absolute atomic E-state index is 10.6. The maximum atomic E-state index is 10.6. The largest absolute Gasteiger partial charge is 0.462 e. The predicted molar refractivity (Wildman–Crippen MR) is 51.3 cm³/mol. The Balaban J connectivity index is 2.21. The van der Waals surface area contributed by atoms with Crippen LogP contribution in [0.3, 0.4) is 0 Å². The second-order valence-corrected chi connectivity index (χ2v) is 4.54. The Morgan fingerprint density at radius 3 is 3.00 bits per heavy atom. The first kappa shape index (κ1) is 9.90. The van der Waals surface area contributed by atoms with Crippen LogP contribution in [0.5, 0.6) is 0 Å². The fraction of sp³-hybridized carbons (Fsp3) is 0.889. The van der Waals surface area contributed by atoms with E-state index in [-0.39, 0.29) is 12.1 Å². The molecule has 2 atom stereocenters. The van der Waals surface area contributed by atoms with Crippen molar-refractivity contribution in [3.05, 3.63) is 0 Å². The van der Waals surface area contributed by atoms with Gasteiger partial charge in [-0.3, -0.25) is 4.79 Å². The lowest BCUT2D eigenvalue weighted by atomic mass is 10.1. The summed E-state index contributed by atoms with van der Waals surface area (Å²) in [7, 11) is 0. The van der Waals surface area contributed by atoms with Crippen molar-refractivity contribution in [2.75, 3.05) is 5.75 Å². The summed E-state index contributed by atoms with van der Waals surface area (Å²) in [6.45, 7) is 3.68. The molecule has 70 valence electrons. The zero-order chi connectivity index (χ0) is 8.97. The second-order valence-electron chi connectivity index (χ2n) is 3.21. The van der Waals surface area contributed by atoms with Gasteiger partial charge in [0.15, 0.2) is 0 Å². The zero-order valence-electron chi connectivity index (χ0n) is 7.71. The Hall–Kier alpha value is -0.180. The molecule has 0 bridgehead atoms. The van der Waals surface area contributed by atoms with E-state index in [0.29, 0.717) is 0 Å². The number of hydrogen-bond donors (Lipinski definition) is 0. The Kier molecular flexibility index (Phi) is 3.92. The van der Waals surface area contributed by atoms with Crippen molar-refractivity contribution in [1.82, 2.24) is 0 Å². The van der Waals surface area contributed by atoms with Gasteiger partial charge in [-0.15, -0.1) is 0 Å². The highest BCUT2D eigenvalue weighted by atomic mass is 32.2. The van der Waals surface area contributed by atoms with E-state index in [1.807, 2.05) is 11.8 Å². The molecule has 0 radical (unpaired) electrons. The van der Waals surface area contributed by atoms with Crippen LogP contribution in [0.15, 0.2) is 0 Å². The monoisotopic (exact) mass is 188 g/mol. The zero-order valence-corrected chi connectivity index (χ0v) is 8.52. The first-order valence-corrected chi connectivity index (χ1v) is 5.56. The minimum Gasteiger partial charge on any atom is -0.462 e. The van der Waals surface area contributed by atoms with E-state index in [2.05, 4.69) is 6.92 Å². The summed E-state index contributed by atoms with van der Waals surface area (Å²) in [5, 5.41) is 0.722. The third-order valence-electron chi connectivity index (χ3n) is 1.99. The molecule has 1 heterocycles. The molecule has 0 spiro atoms. The van der Waals surface area contributed by atoms with Gasteiger partial charge >= 0.3 is 5.97 Å². The molecule has 1 rings (SSSR count). The highest BCUT2D eigenvalue weighted by Crippen LogP contribution is 2.31. The quantitative estimate of drug-likeness (QED) is 0.635. The third kappa shape index (κ3) is 3.05. The van der Waals surface area contributed by atoms with Gasteiger partial charge in [-0.05, 0) is 12.8 Å². The number of carbonyl (C=O) groups is 1. The van der Waals surface area contributed by atoms with Crippen LogP contribution in [0, 0.1) is 0 Å². The molecular weight excluding hydrogens is 172 g/mol. The molecule has 1 fully saturated rings. The fourth-order valence-corrected chi connectivity index (χ4v) is 2.96. The molecule has 0 unspecified atom stereocenters. The van der Waals surface area contributed by atoms with Crippen LogP contribution >= 0.6 is 11.8 Å². The summed E-state index contributed by atoms with van der Waals surface area (Å²) < 4.78 is 5.13. The number of hydrogen-bond acceptors (Lipinski definition) is 3. The van der Waals surface area contributed by atoms with Gasteiger partial charge in [-0.1, -0.05) is 13.3 Å². The van der Waals surface area contributed by atoms with Gasteiger partial charge in [-0.25, -0.2) is 0 Å². The van der Waals surface area contributed by atoms with Gasteiger partial charge in [0.1, 0.15) is 6.10 Å². The van der Waals surface area contributed by atoms with Crippen LogP contribution in [-0.2, 0) is 9.53 Å². The molecular formula is C9H16O2S. The third-order valence-corrected chi connectivity index (χ3v) is 3.45. The lowest BCUT2D eigenvalue weighted by molar-refractivity contribution is -0.145. The normalized spacial score (nSPS) is 28.8. The average Bonchev–Trinajstić information content (AvgIpc) is 2.36. The van der Waals surface area contributed by atoms with Crippen LogP contribution in [0.4, 0.5) is 0 Å². The SMILES string of the molecule is CCC[C@H]1C[C@H](OC(C)=O)CS1. The predicted octanol–water partition coefficient (Wildman–Crippen LogP) is 2.22. The van der Waals surface area contributed by atoms with Gasteiger partial charge in [0.05, 0.1) is 0 Å². The van der Waals surface area contributed by atoms with E-state index < -0.39 is 0 Å². The minimum absolute atomic E-state index is 0.141. The van der Waals surface area contributed by atoms with Crippen molar-refractivity contribution in [3.8, 4) is 0 Å². The van der Waals surface area contributed by atoms with Crippen LogP contribution in [0.25, 0.3) is 0 Å². The van der Waals surface area contributed by atoms with E-state index in [9.17, 15) is 4.79 Å². The first-order valence-electron chi connectivity index (χ1n) is 4.51. The highest BCUT2D eigenvalue weighted by molar-refractivity contribution is 8.00. The summed E-state index contributed by atoms with van der Waals surface area (Å²) in [5.41, 5.74) is 0.